The van der Waals surface area contributed by atoms with E-state index in [0.717, 1.165) is 16.2 Å². The van der Waals surface area contributed by atoms with Gasteiger partial charge in [0.05, 0.1) is 27.8 Å². The molecule has 2 amide bonds. The number of nitrogens with one attached hydrogen (secondary N) is 1. The quantitative estimate of drug-likeness (QED) is 0.413. The van der Waals surface area contributed by atoms with E-state index in [2.05, 4.69) is 5.32 Å². The van der Waals surface area contributed by atoms with Crippen LogP contribution in [0, 0.1) is 6.92 Å². The Kier molecular flexibility index (Phi) is 9.55. The van der Waals surface area contributed by atoms with Crippen molar-refractivity contribution in [3.63, 3.8) is 0 Å². The normalized spacial score (nSPS) is 10.4. The molecule has 2 rings (SSSR count). The summed E-state index contributed by atoms with van der Waals surface area (Å²) in [6.07, 6.45) is 0. The third-order valence-electron chi connectivity index (χ3n) is 4.03. The summed E-state index contributed by atoms with van der Waals surface area (Å²) in [5, 5.41) is 3.23. The maximum absolute atomic E-state index is 12.4. The minimum atomic E-state index is -0.650. The molecule has 0 radical (unpaired) electrons. The van der Waals surface area contributed by atoms with Gasteiger partial charge in [0.15, 0.2) is 6.61 Å². The SMILES string of the molecule is CCOC(=O)c1c(NC(=O)COC(=O)CSc2ccccc2Cl)sc(C(=O)N(C)C)c1C. The van der Waals surface area contributed by atoms with E-state index in [1.165, 1.54) is 16.7 Å². The number of amides is 2. The van der Waals surface area contributed by atoms with E-state index in [1.54, 1.807) is 52.2 Å². The molecule has 0 aliphatic rings. The second kappa shape index (κ2) is 11.9. The lowest BCUT2D eigenvalue weighted by atomic mass is 10.1. The standard InChI is InChI=1S/C21H23ClN2O6S2/c1-5-29-21(28)17-12(2)18(20(27)24(3)4)32-19(17)23-15(25)10-30-16(26)11-31-14-9-7-6-8-13(14)22/h6-9H,5,10-11H2,1-4H3,(H,23,25). The van der Waals surface area contributed by atoms with Gasteiger partial charge in [0.1, 0.15) is 5.00 Å². The number of hydrogen-bond donors (Lipinski definition) is 1. The lowest BCUT2D eigenvalue weighted by Gasteiger charge is -2.09. The fraction of sp³-hybridized carbons (Fsp3) is 0.333. The fourth-order valence-corrected chi connectivity index (χ4v) is 4.78. The number of esters is 2. The highest BCUT2D eigenvalue weighted by atomic mass is 35.5. The van der Waals surface area contributed by atoms with E-state index >= 15 is 0 Å². The summed E-state index contributed by atoms with van der Waals surface area (Å²) in [5.74, 6) is -2.22. The molecule has 0 saturated carbocycles. The Morgan fingerprint density at radius 3 is 2.47 bits per heavy atom. The van der Waals surface area contributed by atoms with Crippen LogP contribution in [0.5, 0.6) is 0 Å². The van der Waals surface area contributed by atoms with Crippen molar-refractivity contribution >= 4 is 63.5 Å². The second-order valence-electron chi connectivity index (χ2n) is 6.61. The Labute approximate surface area is 199 Å². The maximum atomic E-state index is 12.4. The predicted octanol–water partition coefficient (Wildman–Crippen LogP) is 3.86. The number of rotatable bonds is 9. The zero-order valence-corrected chi connectivity index (χ0v) is 20.4. The molecule has 32 heavy (non-hydrogen) atoms. The van der Waals surface area contributed by atoms with Gasteiger partial charge in [-0.25, -0.2) is 4.79 Å². The number of carbonyl (C=O) groups excluding carboxylic acids is 4. The van der Waals surface area contributed by atoms with E-state index in [9.17, 15) is 19.2 Å². The summed E-state index contributed by atoms with van der Waals surface area (Å²) in [4.78, 5) is 51.5. The van der Waals surface area contributed by atoms with Gasteiger partial charge in [-0.2, -0.15) is 0 Å². The van der Waals surface area contributed by atoms with Crippen LogP contribution in [0.2, 0.25) is 5.02 Å². The second-order valence-corrected chi connectivity index (χ2v) is 9.05. The minimum absolute atomic E-state index is 0.0231. The van der Waals surface area contributed by atoms with Crippen LogP contribution in [0.25, 0.3) is 0 Å². The molecule has 0 aliphatic carbocycles. The fourth-order valence-electron chi connectivity index (χ4n) is 2.51. The van der Waals surface area contributed by atoms with E-state index < -0.39 is 24.5 Å². The van der Waals surface area contributed by atoms with Crippen molar-refractivity contribution in [1.29, 1.82) is 0 Å². The van der Waals surface area contributed by atoms with Crippen LogP contribution in [0.4, 0.5) is 5.00 Å². The molecule has 0 atom stereocenters. The van der Waals surface area contributed by atoms with Crippen LogP contribution in [0.15, 0.2) is 29.2 Å². The molecule has 1 N–H and O–H groups in total. The van der Waals surface area contributed by atoms with Gasteiger partial charge < -0.3 is 19.7 Å². The van der Waals surface area contributed by atoms with Crippen LogP contribution < -0.4 is 5.32 Å². The topological polar surface area (TPSA) is 102 Å². The highest BCUT2D eigenvalue weighted by molar-refractivity contribution is 8.00. The van der Waals surface area contributed by atoms with Crippen molar-refractivity contribution in [1.82, 2.24) is 4.90 Å². The summed E-state index contributed by atoms with van der Waals surface area (Å²) in [6.45, 7) is 2.86. The number of nitrogens with zero attached hydrogens (tertiary/aromatic N) is 1. The third kappa shape index (κ3) is 6.72. The molecule has 0 fully saturated rings. The van der Waals surface area contributed by atoms with E-state index in [4.69, 9.17) is 21.1 Å². The number of thioether (sulfide) groups is 1. The largest absolute Gasteiger partial charge is 0.462 e. The van der Waals surface area contributed by atoms with Crippen molar-refractivity contribution in [3.05, 3.63) is 45.3 Å². The van der Waals surface area contributed by atoms with Gasteiger partial charge in [-0.3, -0.25) is 14.4 Å². The molecular weight excluding hydrogens is 476 g/mol. The van der Waals surface area contributed by atoms with Crippen molar-refractivity contribution < 1.29 is 28.7 Å². The Morgan fingerprint density at radius 1 is 1.16 bits per heavy atom. The molecule has 2 aromatic rings. The van der Waals surface area contributed by atoms with Crippen LogP contribution in [-0.4, -0.2) is 61.7 Å². The molecule has 172 valence electrons. The van der Waals surface area contributed by atoms with Crippen LogP contribution >= 0.6 is 34.7 Å². The maximum Gasteiger partial charge on any atom is 0.341 e. The average Bonchev–Trinajstić information content (AvgIpc) is 3.06. The minimum Gasteiger partial charge on any atom is -0.462 e. The zero-order chi connectivity index (χ0) is 23.8. The highest BCUT2D eigenvalue weighted by Crippen LogP contribution is 2.34. The average molecular weight is 499 g/mol. The van der Waals surface area contributed by atoms with Crippen molar-refractivity contribution in [2.75, 3.05) is 38.4 Å². The summed E-state index contributed by atoms with van der Waals surface area (Å²) >= 11 is 8.20. The third-order valence-corrected chi connectivity index (χ3v) is 6.71. The lowest BCUT2D eigenvalue weighted by Crippen LogP contribution is -2.22. The van der Waals surface area contributed by atoms with E-state index in [1.807, 2.05) is 0 Å². The Morgan fingerprint density at radius 2 is 1.84 bits per heavy atom. The molecule has 8 nitrogen and oxygen atoms in total. The molecule has 1 aromatic heterocycles. The number of benzene rings is 1. The number of hydrogen-bond acceptors (Lipinski definition) is 8. The molecule has 1 aromatic carbocycles. The van der Waals surface area contributed by atoms with Crippen molar-refractivity contribution in [3.8, 4) is 0 Å². The van der Waals surface area contributed by atoms with Crippen molar-refractivity contribution in [2.24, 2.45) is 0 Å². The summed E-state index contributed by atoms with van der Waals surface area (Å²) in [5.41, 5.74) is 0.520. The van der Waals surface area contributed by atoms with Gasteiger partial charge in [-0.1, -0.05) is 23.7 Å². The lowest BCUT2D eigenvalue weighted by molar-refractivity contribution is -0.144. The Bertz CT molecular complexity index is 1020. The van der Waals surface area contributed by atoms with Gasteiger partial charge in [0.25, 0.3) is 11.8 Å². The van der Waals surface area contributed by atoms with E-state index in [-0.39, 0.29) is 28.8 Å². The number of carbonyl (C=O) groups is 4. The smallest absolute Gasteiger partial charge is 0.341 e. The van der Waals surface area contributed by atoms with Gasteiger partial charge in [0.2, 0.25) is 0 Å². The molecule has 0 spiro atoms. The monoisotopic (exact) mass is 498 g/mol. The number of halogens is 1. The van der Waals surface area contributed by atoms with Crippen LogP contribution in [-0.2, 0) is 19.1 Å². The Hall–Kier alpha value is -2.56. The zero-order valence-electron chi connectivity index (χ0n) is 18.0. The molecule has 0 unspecified atom stereocenters. The number of anilines is 1. The molecule has 1 heterocycles. The molecular formula is C21H23ClN2O6S2. The Balaban J connectivity index is 2.04. The first kappa shape index (κ1) is 25.7. The van der Waals surface area contributed by atoms with Gasteiger partial charge in [0, 0.05) is 19.0 Å². The molecule has 0 saturated heterocycles. The molecule has 11 heteroatoms. The first-order valence-electron chi connectivity index (χ1n) is 9.50. The summed E-state index contributed by atoms with van der Waals surface area (Å²) in [7, 11) is 3.17. The highest BCUT2D eigenvalue weighted by Gasteiger charge is 2.27. The first-order valence-corrected chi connectivity index (χ1v) is 11.7. The van der Waals surface area contributed by atoms with Gasteiger partial charge >= 0.3 is 11.9 Å². The summed E-state index contributed by atoms with van der Waals surface area (Å²) in [6, 6.07) is 7.06. The number of ether oxygens (including phenoxy) is 2. The van der Waals surface area contributed by atoms with E-state index in [0.29, 0.717) is 15.5 Å². The number of thiophene rings is 1. The van der Waals surface area contributed by atoms with Crippen LogP contribution in [0.1, 0.15) is 32.5 Å². The molecule has 0 bridgehead atoms. The van der Waals surface area contributed by atoms with Crippen LogP contribution in [0.3, 0.4) is 0 Å². The predicted molar refractivity (Wildman–Crippen MR) is 125 cm³/mol. The first-order chi connectivity index (χ1) is 15.1. The summed E-state index contributed by atoms with van der Waals surface area (Å²) < 4.78 is 10.1. The van der Waals surface area contributed by atoms with Crippen molar-refractivity contribution in [2.45, 2.75) is 18.7 Å². The van der Waals surface area contributed by atoms with Gasteiger partial charge in [-0.15, -0.1) is 23.1 Å². The molecule has 0 aliphatic heterocycles. The van der Waals surface area contributed by atoms with Gasteiger partial charge in [-0.05, 0) is 31.5 Å².